The second-order valence-electron chi connectivity index (χ2n) is 6.65. The van der Waals surface area contributed by atoms with Gasteiger partial charge < -0.3 is 0 Å². The smallest absolute Gasteiger partial charge is 0.253 e. The van der Waals surface area contributed by atoms with Crippen molar-refractivity contribution in [3.05, 3.63) is 59.2 Å². The summed E-state index contributed by atoms with van der Waals surface area (Å²) in [6.45, 7) is 6.03. The number of ketones is 1. The SMILES string of the molecule is CCC(=O)CC1C(=O)N(Nc2ccccc2CC)c2c(CC)cccc21. The first-order chi connectivity index (χ1) is 12.6. The molecule has 0 saturated carbocycles. The van der Waals surface area contributed by atoms with Crippen molar-refractivity contribution >= 4 is 23.1 Å². The summed E-state index contributed by atoms with van der Waals surface area (Å²) in [6.07, 6.45) is 2.44. The van der Waals surface area contributed by atoms with Crippen LogP contribution >= 0.6 is 0 Å². The number of hydrogen-bond donors (Lipinski definition) is 1. The topological polar surface area (TPSA) is 49.4 Å². The Bertz CT molecular complexity index is 829. The average molecular weight is 350 g/mol. The lowest BCUT2D eigenvalue weighted by molar-refractivity contribution is -0.124. The first kappa shape index (κ1) is 18.2. The Balaban J connectivity index is 2.03. The third kappa shape index (κ3) is 3.24. The molecule has 136 valence electrons. The van der Waals surface area contributed by atoms with Crippen LogP contribution in [0.15, 0.2) is 42.5 Å². The van der Waals surface area contributed by atoms with Crippen LogP contribution in [-0.2, 0) is 22.4 Å². The van der Waals surface area contributed by atoms with Crippen LogP contribution in [0.1, 0.15) is 56.2 Å². The number of benzene rings is 2. The van der Waals surface area contributed by atoms with Gasteiger partial charge in [-0.2, -0.15) is 0 Å². The van der Waals surface area contributed by atoms with Crippen molar-refractivity contribution in [2.24, 2.45) is 0 Å². The first-order valence-corrected chi connectivity index (χ1v) is 9.42. The van der Waals surface area contributed by atoms with E-state index in [9.17, 15) is 9.59 Å². The van der Waals surface area contributed by atoms with Crippen molar-refractivity contribution in [3.63, 3.8) is 0 Å². The van der Waals surface area contributed by atoms with Crippen LogP contribution in [0, 0.1) is 0 Å². The molecule has 1 unspecified atom stereocenters. The highest BCUT2D eigenvalue weighted by Gasteiger charge is 2.39. The molecule has 3 rings (SSSR count). The predicted molar refractivity (Wildman–Crippen MR) is 105 cm³/mol. The lowest BCUT2D eigenvalue weighted by Gasteiger charge is -2.23. The van der Waals surface area contributed by atoms with Crippen molar-refractivity contribution in [3.8, 4) is 0 Å². The molecular weight excluding hydrogens is 324 g/mol. The lowest BCUT2D eigenvalue weighted by atomic mass is 9.93. The van der Waals surface area contributed by atoms with Crippen molar-refractivity contribution in [2.45, 2.75) is 52.4 Å². The fraction of sp³-hybridized carbons (Fsp3) is 0.364. The number of carbonyl (C=O) groups excluding carboxylic acids is 2. The van der Waals surface area contributed by atoms with Crippen LogP contribution in [0.5, 0.6) is 0 Å². The maximum absolute atomic E-state index is 13.2. The molecule has 26 heavy (non-hydrogen) atoms. The van der Waals surface area contributed by atoms with Gasteiger partial charge in [0.15, 0.2) is 0 Å². The number of nitrogens with one attached hydrogen (secondary N) is 1. The zero-order chi connectivity index (χ0) is 18.7. The van der Waals surface area contributed by atoms with E-state index in [-0.39, 0.29) is 18.1 Å². The standard InChI is InChI=1S/C22H26N2O2/c1-4-15-10-7-8-13-20(15)23-24-21-16(5-2)11-9-12-18(21)19(22(24)26)14-17(25)6-3/h7-13,19,23H,4-6,14H2,1-3H3. The van der Waals surface area contributed by atoms with Gasteiger partial charge in [-0.3, -0.25) is 15.0 Å². The zero-order valence-electron chi connectivity index (χ0n) is 15.7. The van der Waals surface area contributed by atoms with Gasteiger partial charge in [0.2, 0.25) is 0 Å². The zero-order valence-corrected chi connectivity index (χ0v) is 15.7. The number of hydrogen-bond acceptors (Lipinski definition) is 3. The van der Waals surface area contributed by atoms with Crippen molar-refractivity contribution in [2.75, 3.05) is 10.4 Å². The van der Waals surface area contributed by atoms with Crippen LogP contribution in [0.4, 0.5) is 11.4 Å². The van der Waals surface area contributed by atoms with E-state index in [0.29, 0.717) is 6.42 Å². The van der Waals surface area contributed by atoms with E-state index in [1.165, 1.54) is 0 Å². The molecule has 1 heterocycles. The van der Waals surface area contributed by atoms with Crippen molar-refractivity contribution in [1.29, 1.82) is 0 Å². The molecule has 0 saturated heterocycles. The number of aryl methyl sites for hydroxylation is 2. The quantitative estimate of drug-likeness (QED) is 0.791. The molecule has 1 amide bonds. The number of anilines is 2. The molecule has 1 aliphatic rings. The highest BCUT2D eigenvalue weighted by atomic mass is 16.2. The third-order valence-electron chi connectivity index (χ3n) is 5.11. The molecule has 4 nitrogen and oxygen atoms in total. The normalized spacial score (nSPS) is 15.9. The van der Waals surface area contributed by atoms with Crippen molar-refractivity contribution in [1.82, 2.24) is 0 Å². The molecule has 1 N–H and O–H groups in total. The van der Waals surface area contributed by atoms with Gasteiger partial charge in [0.1, 0.15) is 5.78 Å². The summed E-state index contributed by atoms with van der Waals surface area (Å²) in [7, 11) is 0. The maximum Gasteiger partial charge on any atom is 0.253 e. The summed E-state index contributed by atoms with van der Waals surface area (Å²) >= 11 is 0. The Morgan fingerprint density at radius 2 is 1.69 bits per heavy atom. The Labute approximate surface area is 155 Å². The highest BCUT2D eigenvalue weighted by molar-refractivity contribution is 6.08. The number of para-hydroxylation sites is 2. The van der Waals surface area contributed by atoms with Crippen LogP contribution in [0.25, 0.3) is 0 Å². The van der Waals surface area contributed by atoms with Crippen LogP contribution in [0.3, 0.4) is 0 Å². The van der Waals surface area contributed by atoms with Gasteiger partial charge >= 0.3 is 0 Å². The number of hydrazine groups is 1. The minimum atomic E-state index is -0.398. The number of nitrogens with zero attached hydrogens (tertiary/aromatic N) is 1. The number of Topliss-reactive ketones (excluding diaryl/α,β-unsaturated/α-hetero) is 1. The van der Waals surface area contributed by atoms with Gasteiger partial charge in [-0.05, 0) is 35.6 Å². The number of amides is 1. The Hall–Kier alpha value is -2.62. The molecule has 2 aromatic carbocycles. The Morgan fingerprint density at radius 3 is 2.38 bits per heavy atom. The van der Waals surface area contributed by atoms with Gasteiger partial charge in [0.25, 0.3) is 5.91 Å². The largest absolute Gasteiger partial charge is 0.300 e. The minimum Gasteiger partial charge on any atom is -0.300 e. The Kier molecular flexibility index (Phi) is 5.40. The Morgan fingerprint density at radius 1 is 1.00 bits per heavy atom. The number of carbonyl (C=O) groups is 2. The molecule has 0 spiro atoms. The molecule has 4 heteroatoms. The van der Waals surface area contributed by atoms with E-state index >= 15 is 0 Å². The van der Waals surface area contributed by atoms with Crippen LogP contribution in [-0.4, -0.2) is 11.7 Å². The highest BCUT2D eigenvalue weighted by Crippen LogP contribution is 2.42. The number of fused-ring (bicyclic) bond motifs is 1. The maximum atomic E-state index is 13.2. The van der Waals surface area contributed by atoms with Crippen LogP contribution < -0.4 is 10.4 Å². The molecule has 0 aliphatic carbocycles. The number of rotatable bonds is 7. The minimum absolute atomic E-state index is 0.0476. The predicted octanol–water partition coefficient (Wildman–Crippen LogP) is 4.64. The van der Waals surface area contributed by atoms with Gasteiger partial charge in [0.05, 0.1) is 17.3 Å². The summed E-state index contributed by atoms with van der Waals surface area (Å²) < 4.78 is 0. The monoisotopic (exact) mass is 350 g/mol. The first-order valence-electron chi connectivity index (χ1n) is 9.42. The van der Waals surface area contributed by atoms with E-state index in [2.05, 4.69) is 31.4 Å². The molecule has 0 radical (unpaired) electrons. The van der Waals surface area contributed by atoms with Gasteiger partial charge in [-0.25, -0.2) is 5.01 Å². The van der Waals surface area contributed by atoms with Gasteiger partial charge in [-0.1, -0.05) is 57.2 Å². The summed E-state index contributed by atoms with van der Waals surface area (Å²) in [5.41, 5.74) is 8.41. The van der Waals surface area contributed by atoms with E-state index < -0.39 is 5.92 Å². The van der Waals surface area contributed by atoms with Gasteiger partial charge in [0, 0.05) is 12.8 Å². The van der Waals surface area contributed by atoms with E-state index in [0.717, 1.165) is 40.9 Å². The fourth-order valence-electron chi connectivity index (χ4n) is 3.59. The van der Waals surface area contributed by atoms with E-state index in [4.69, 9.17) is 0 Å². The summed E-state index contributed by atoms with van der Waals surface area (Å²) in [6, 6.07) is 14.0. The summed E-state index contributed by atoms with van der Waals surface area (Å²) in [5, 5.41) is 1.66. The van der Waals surface area contributed by atoms with E-state index in [1.807, 2.05) is 37.3 Å². The summed E-state index contributed by atoms with van der Waals surface area (Å²) in [5.74, 6) is -0.328. The second-order valence-corrected chi connectivity index (χ2v) is 6.65. The van der Waals surface area contributed by atoms with Crippen LogP contribution in [0.2, 0.25) is 0 Å². The molecule has 0 bridgehead atoms. The third-order valence-corrected chi connectivity index (χ3v) is 5.11. The fourth-order valence-corrected chi connectivity index (χ4v) is 3.59. The lowest BCUT2D eigenvalue weighted by Crippen LogP contribution is -2.35. The molecule has 0 fully saturated rings. The van der Waals surface area contributed by atoms with E-state index in [1.54, 1.807) is 5.01 Å². The molecule has 2 aromatic rings. The van der Waals surface area contributed by atoms with Crippen molar-refractivity contribution < 1.29 is 9.59 Å². The average Bonchev–Trinajstić information content (AvgIpc) is 2.94. The molecular formula is C22H26N2O2. The second kappa shape index (κ2) is 7.73. The molecule has 1 atom stereocenters. The molecule has 0 aromatic heterocycles. The summed E-state index contributed by atoms with van der Waals surface area (Å²) in [4.78, 5) is 25.2. The molecule has 1 aliphatic heterocycles. The van der Waals surface area contributed by atoms with Gasteiger partial charge in [-0.15, -0.1) is 0 Å².